The maximum absolute atomic E-state index is 12.2. The lowest BCUT2D eigenvalue weighted by Crippen LogP contribution is -2.48. The molecule has 3 N–H and O–H groups in total. The quantitative estimate of drug-likeness (QED) is 0.526. The normalized spacial score (nSPS) is 15.0. The second kappa shape index (κ2) is 10.1. The van der Waals surface area contributed by atoms with Gasteiger partial charge >= 0.3 is 0 Å². The van der Waals surface area contributed by atoms with Crippen LogP contribution in [0.15, 0.2) is 0 Å². The van der Waals surface area contributed by atoms with Crippen LogP contribution in [0, 0.1) is 11.8 Å². The number of amides is 1. The van der Waals surface area contributed by atoms with E-state index < -0.39 is 16.1 Å². The van der Waals surface area contributed by atoms with Gasteiger partial charge in [0.25, 0.3) is 0 Å². The zero-order valence-electron chi connectivity index (χ0n) is 13.6. The molecule has 1 amide bonds. The summed E-state index contributed by atoms with van der Waals surface area (Å²) in [7, 11) is -3.42. The SMILES string of the molecule is CCCC(CCO)CNC(=O)C(CC(C)C)NS(C)(=O)=O. The number of aliphatic hydroxyl groups is 1. The van der Waals surface area contributed by atoms with E-state index in [1.165, 1.54) is 0 Å². The average Bonchev–Trinajstić information content (AvgIpc) is 2.33. The van der Waals surface area contributed by atoms with Crippen LogP contribution in [0.1, 0.15) is 46.5 Å². The standard InChI is InChI=1S/C14H30N2O4S/c1-5-6-12(7-8-17)10-15-14(18)13(9-11(2)3)16-21(4,19)20/h11-13,16-17H,5-10H2,1-4H3,(H,15,18). The summed E-state index contributed by atoms with van der Waals surface area (Å²) in [5.74, 6) is 0.133. The van der Waals surface area contributed by atoms with Crippen molar-refractivity contribution >= 4 is 15.9 Å². The molecule has 6 nitrogen and oxygen atoms in total. The molecule has 0 aliphatic heterocycles. The molecule has 0 aromatic carbocycles. The lowest BCUT2D eigenvalue weighted by atomic mass is 9.99. The minimum absolute atomic E-state index is 0.0948. The second-order valence-corrected chi connectivity index (χ2v) is 7.76. The molecule has 0 aliphatic rings. The molecule has 0 aliphatic carbocycles. The molecule has 0 aromatic heterocycles. The maximum Gasteiger partial charge on any atom is 0.238 e. The van der Waals surface area contributed by atoms with Gasteiger partial charge in [0.1, 0.15) is 6.04 Å². The molecule has 0 radical (unpaired) electrons. The first kappa shape index (κ1) is 20.3. The highest BCUT2D eigenvalue weighted by Gasteiger charge is 2.23. The van der Waals surface area contributed by atoms with E-state index in [2.05, 4.69) is 17.0 Å². The molecule has 0 bridgehead atoms. The van der Waals surface area contributed by atoms with E-state index in [1.54, 1.807) is 0 Å². The van der Waals surface area contributed by atoms with E-state index in [0.29, 0.717) is 19.4 Å². The van der Waals surface area contributed by atoms with Gasteiger partial charge in [0.15, 0.2) is 0 Å². The molecule has 0 aromatic rings. The summed E-state index contributed by atoms with van der Waals surface area (Å²) in [5, 5.41) is 11.8. The maximum atomic E-state index is 12.2. The van der Waals surface area contributed by atoms with Crippen molar-refractivity contribution in [1.29, 1.82) is 0 Å². The van der Waals surface area contributed by atoms with Crippen LogP contribution >= 0.6 is 0 Å². The highest BCUT2D eigenvalue weighted by molar-refractivity contribution is 7.88. The summed E-state index contributed by atoms with van der Waals surface area (Å²) in [4.78, 5) is 12.2. The van der Waals surface area contributed by atoms with Crippen LogP contribution in [-0.4, -0.2) is 44.9 Å². The molecule has 0 spiro atoms. The van der Waals surface area contributed by atoms with Crippen LogP contribution in [0.2, 0.25) is 0 Å². The summed E-state index contributed by atoms with van der Waals surface area (Å²) >= 11 is 0. The molecule has 0 heterocycles. The third-order valence-electron chi connectivity index (χ3n) is 3.18. The lowest BCUT2D eigenvalue weighted by molar-refractivity contribution is -0.123. The van der Waals surface area contributed by atoms with Crippen LogP contribution in [0.5, 0.6) is 0 Å². The fourth-order valence-corrected chi connectivity index (χ4v) is 2.97. The van der Waals surface area contributed by atoms with Gasteiger partial charge in [-0.05, 0) is 31.1 Å². The first-order valence-corrected chi connectivity index (χ1v) is 9.44. The van der Waals surface area contributed by atoms with Crippen molar-refractivity contribution < 1.29 is 18.3 Å². The number of carbonyl (C=O) groups is 1. The fourth-order valence-electron chi connectivity index (χ4n) is 2.25. The Kier molecular flexibility index (Phi) is 9.81. The van der Waals surface area contributed by atoms with Gasteiger partial charge in [-0.2, -0.15) is 0 Å². The molecule has 0 saturated heterocycles. The third-order valence-corrected chi connectivity index (χ3v) is 3.89. The molecular formula is C14H30N2O4S. The molecule has 2 atom stereocenters. The Bertz CT molecular complexity index is 390. The summed E-state index contributed by atoms with van der Waals surface area (Å²) in [6.45, 7) is 6.50. The summed E-state index contributed by atoms with van der Waals surface area (Å²) in [6, 6.07) is -0.739. The Hall–Kier alpha value is -0.660. The van der Waals surface area contributed by atoms with Crippen molar-refractivity contribution in [1.82, 2.24) is 10.0 Å². The fraction of sp³-hybridized carbons (Fsp3) is 0.929. The van der Waals surface area contributed by atoms with Gasteiger partial charge < -0.3 is 10.4 Å². The van der Waals surface area contributed by atoms with Crippen LogP contribution < -0.4 is 10.0 Å². The summed E-state index contributed by atoms with van der Waals surface area (Å²) < 4.78 is 25.1. The largest absolute Gasteiger partial charge is 0.396 e. The number of nitrogens with one attached hydrogen (secondary N) is 2. The number of carbonyl (C=O) groups excluding carboxylic acids is 1. The van der Waals surface area contributed by atoms with Crippen molar-refractivity contribution in [2.45, 2.75) is 52.5 Å². The van der Waals surface area contributed by atoms with Gasteiger partial charge in [0.2, 0.25) is 15.9 Å². The van der Waals surface area contributed by atoms with Crippen LogP contribution in [0.4, 0.5) is 0 Å². The Morgan fingerprint density at radius 1 is 1.24 bits per heavy atom. The number of rotatable bonds is 11. The van der Waals surface area contributed by atoms with E-state index in [9.17, 15) is 13.2 Å². The zero-order chi connectivity index (χ0) is 16.5. The molecule has 2 unspecified atom stereocenters. The van der Waals surface area contributed by atoms with Crippen molar-refractivity contribution in [3.63, 3.8) is 0 Å². The molecule has 0 saturated carbocycles. The first-order valence-electron chi connectivity index (χ1n) is 7.55. The van der Waals surface area contributed by atoms with Crippen LogP contribution in [0.3, 0.4) is 0 Å². The Morgan fingerprint density at radius 2 is 1.86 bits per heavy atom. The molecular weight excluding hydrogens is 292 g/mol. The number of aliphatic hydroxyl groups excluding tert-OH is 1. The van der Waals surface area contributed by atoms with Crippen molar-refractivity contribution in [2.24, 2.45) is 11.8 Å². The van der Waals surface area contributed by atoms with Crippen molar-refractivity contribution in [2.75, 3.05) is 19.4 Å². The van der Waals surface area contributed by atoms with E-state index >= 15 is 0 Å². The molecule has 7 heteroatoms. The minimum Gasteiger partial charge on any atom is -0.396 e. The topological polar surface area (TPSA) is 95.5 Å². The second-order valence-electron chi connectivity index (χ2n) is 5.98. The predicted octanol–water partition coefficient (Wildman–Crippen LogP) is 0.865. The minimum atomic E-state index is -3.42. The summed E-state index contributed by atoms with van der Waals surface area (Å²) in [5.41, 5.74) is 0. The summed E-state index contributed by atoms with van der Waals surface area (Å²) in [6.07, 6.45) is 4.06. The van der Waals surface area contributed by atoms with E-state index in [0.717, 1.165) is 19.1 Å². The highest BCUT2D eigenvalue weighted by Crippen LogP contribution is 2.10. The number of hydrogen-bond acceptors (Lipinski definition) is 4. The van der Waals surface area contributed by atoms with Crippen LogP contribution in [-0.2, 0) is 14.8 Å². The van der Waals surface area contributed by atoms with Gasteiger partial charge in [-0.1, -0.05) is 27.2 Å². The van der Waals surface area contributed by atoms with Gasteiger partial charge in [-0.25, -0.2) is 13.1 Å². The van der Waals surface area contributed by atoms with Gasteiger partial charge in [0.05, 0.1) is 6.26 Å². The van der Waals surface area contributed by atoms with Gasteiger partial charge in [-0.3, -0.25) is 4.79 Å². The average molecular weight is 322 g/mol. The Morgan fingerprint density at radius 3 is 2.29 bits per heavy atom. The van der Waals surface area contributed by atoms with E-state index in [-0.39, 0.29) is 24.3 Å². The zero-order valence-corrected chi connectivity index (χ0v) is 14.4. The predicted molar refractivity (Wildman–Crippen MR) is 84.3 cm³/mol. The smallest absolute Gasteiger partial charge is 0.238 e. The van der Waals surface area contributed by atoms with Crippen molar-refractivity contribution in [3.05, 3.63) is 0 Å². The van der Waals surface area contributed by atoms with Crippen LogP contribution in [0.25, 0.3) is 0 Å². The first-order chi connectivity index (χ1) is 9.69. The molecule has 21 heavy (non-hydrogen) atoms. The Labute approximate surface area is 128 Å². The van der Waals surface area contributed by atoms with Gasteiger partial charge in [-0.15, -0.1) is 0 Å². The Balaban J connectivity index is 4.58. The molecule has 0 fully saturated rings. The van der Waals surface area contributed by atoms with Crippen molar-refractivity contribution in [3.8, 4) is 0 Å². The number of sulfonamides is 1. The number of hydrogen-bond donors (Lipinski definition) is 3. The molecule has 126 valence electrons. The lowest BCUT2D eigenvalue weighted by Gasteiger charge is -2.21. The van der Waals surface area contributed by atoms with E-state index in [1.807, 2.05) is 13.8 Å². The monoisotopic (exact) mass is 322 g/mol. The highest BCUT2D eigenvalue weighted by atomic mass is 32.2. The van der Waals surface area contributed by atoms with Gasteiger partial charge in [0, 0.05) is 13.2 Å². The molecule has 0 rings (SSSR count). The third kappa shape index (κ3) is 10.7. The van der Waals surface area contributed by atoms with E-state index in [4.69, 9.17) is 5.11 Å².